The van der Waals surface area contributed by atoms with E-state index in [9.17, 15) is 14.7 Å². The van der Waals surface area contributed by atoms with Crippen molar-refractivity contribution in [3.05, 3.63) is 40.7 Å². The predicted octanol–water partition coefficient (Wildman–Crippen LogP) is 1.75. The number of nitrogens with one attached hydrogen (secondary N) is 1. The molecule has 0 bridgehead atoms. The number of benzene rings is 1. The number of carboxylic acid groups (broad SMARTS) is 1. The summed E-state index contributed by atoms with van der Waals surface area (Å²) in [5.41, 5.74) is 2.24. The fourth-order valence-electron chi connectivity index (χ4n) is 2.36. The van der Waals surface area contributed by atoms with Gasteiger partial charge in [-0.1, -0.05) is 6.07 Å². The standard InChI is InChI=1S/C15H13N3O5/c1-7-9(14(19)20)6-10(8(2)16-7)15(21)22-12-5-3-4-11-13(12)18-23-17-11/h3-5,16H,6H2,1-2H3,(H,19,20). The van der Waals surface area contributed by atoms with Crippen molar-refractivity contribution in [2.24, 2.45) is 0 Å². The Labute approximate surface area is 130 Å². The Hall–Kier alpha value is -3.16. The summed E-state index contributed by atoms with van der Waals surface area (Å²) in [5.74, 6) is -1.51. The first kappa shape index (κ1) is 14.8. The van der Waals surface area contributed by atoms with Gasteiger partial charge in [0.2, 0.25) is 0 Å². The summed E-state index contributed by atoms with van der Waals surface area (Å²) in [6, 6.07) is 4.89. The Morgan fingerprint density at radius 1 is 1.22 bits per heavy atom. The van der Waals surface area contributed by atoms with Gasteiger partial charge in [0.1, 0.15) is 5.52 Å². The number of esters is 1. The minimum Gasteiger partial charge on any atom is -0.478 e. The minimum atomic E-state index is -1.07. The molecule has 0 amide bonds. The van der Waals surface area contributed by atoms with Gasteiger partial charge in [0, 0.05) is 17.8 Å². The molecule has 1 aromatic carbocycles. The Morgan fingerprint density at radius 2 is 1.96 bits per heavy atom. The van der Waals surface area contributed by atoms with Gasteiger partial charge in [0.15, 0.2) is 11.3 Å². The van der Waals surface area contributed by atoms with Crippen molar-refractivity contribution in [1.29, 1.82) is 0 Å². The molecular formula is C15H13N3O5. The van der Waals surface area contributed by atoms with E-state index in [1.54, 1.807) is 32.0 Å². The zero-order chi connectivity index (χ0) is 16.6. The lowest BCUT2D eigenvalue weighted by Crippen LogP contribution is -2.26. The number of rotatable bonds is 3. The zero-order valence-corrected chi connectivity index (χ0v) is 12.4. The summed E-state index contributed by atoms with van der Waals surface area (Å²) in [5, 5.41) is 19.5. The predicted molar refractivity (Wildman–Crippen MR) is 78.2 cm³/mol. The fraction of sp³-hybridized carbons (Fsp3) is 0.200. The molecule has 0 saturated heterocycles. The van der Waals surface area contributed by atoms with Gasteiger partial charge in [0.25, 0.3) is 0 Å². The number of carbonyl (C=O) groups is 2. The third-order valence-electron chi connectivity index (χ3n) is 3.59. The molecule has 0 atom stereocenters. The van der Waals surface area contributed by atoms with Crippen LogP contribution in [0, 0.1) is 0 Å². The number of hydrogen-bond donors (Lipinski definition) is 2. The van der Waals surface area contributed by atoms with Crippen LogP contribution in [0.1, 0.15) is 20.3 Å². The maximum Gasteiger partial charge on any atom is 0.341 e. The highest BCUT2D eigenvalue weighted by molar-refractivity contribution is 5.97. The lowest BCUT2D eigenvalue weighted by molar-refractivity contribution is -0.132. The minimum absolute atomic E-state index is 0.00806. The first-order chi connectivity index (χ1) is 11.0. The van der Waals surface area contributed by atoms with Gasteiger partial charge in [-0.3, -0.25) is 0 Å². The van der Waals surface area contributed by atoms with Crippen LogP contribution in [0.5, 0.6) is 5.75 Å². The third-order valence-corrected chi connectivity index (χ3v) is 3.59. The lowest BCUT2D eigenvalue weighted by Gasteiger charge is -2.21. The average Bonchev–Trinajstić information content (AvgIpc) is 2.96. The van der Waals surface area contributed by atoms with Crippen LogP contribution in [-0.2, 0) is 9.59 Å². The Kier molecular flexibility index (Phi) is 3.57. The van der Waals surface area contributed by atoms with Crippen molar-refractivity contribution >= 4 is 23.0 Å². The molecule has 1 aliphatic heterocycles. The van der Waals surface area contributed by atoms with Crippen molar-refractivity contribution < 1.29 is 24.1 Å². The number of aromatic nitrogens is 2. The summed E-state index contributed by atoms with van der Waals surface area (Å²) in [4.78, 5) is 23.6. The highest BCUT2D eigenvalue weighted by Gasteiger charge is 2.26. The zero-order valence-electron chi connectivity index (χ0n) is 12.4. The summed E-state index contributed by atoms with van der Waals surface area (Å²) >= 11 is 0. The molecule has 118 valence electrons. The number of carbonyl (C=O) groups excluding carboxylic acids is 1. The number of nitrogens with zero attached hydrogens (tertiary/aromatic N) is 2. The quantitative estimate of drug-likeness (QED) is 0.650. The SMILES string of the molecule is CC1=C(C(=O)O)CC(C(=O)Oc2cccc3nonc23)=C(C)N1. The number of allylic oxidation sites excluding steroid dienone is 2. The molecule has 2 aromatic rings. The van der Waals surface area contributed by atoms with E-state index in [1.807, 2.05) is 0 Å². The Morgan fingerprint density at radius 3 is 2.70 bits per heavy atom. The number of fused-ring (bicyclic) bond motifs is 1. The van der Waals surface area contributed by atoms with Crippen LogP contribution < -0.4 is 10.1 Å². The molecule has 0 spiro atoms. The monoisotopic (exact) mass is 315 g/mol. The number of ether oxygens (including phenoxy) is 1. The van der Waals surface area contributed by atoms with E-state index in [4.69, 9.17) is 4.74 Å². The van der Waals surface area contributed by atoms with Crippen LogP contribution in [0.4, 0.5) is 0 Å². The van der Waals surface area contributed by atoms with Crippen molar-refractivity contribution in [3.8, 4) is 5.75 Å². The molecule has 23 heavy (non-hydrogen) atoms. The maximum absolute atomic E-state index is 12.4. The number of carboxylic acids is 1. The number of hydrogen-bond acceptors (Lipinski definition) is 7. The second-order valence-corrected chi connectivity index (χ2v) is 5.09. The van der Waals surface area contributed by atoms with Crippen molar-refractivity contribution in [2.45, 2.75) is 20.3 Å². The summed E-state index contributed by atoms with van der Waals surface area (Å²) in [7, 11) is 0. The Bertz CT molecular complexity index is 878. The largest absolute Gasteiger partial charge is 0.478 e. The molecule has 2 N–H and O–H groups in total. The van der Waals surface area contributed by atoms with Crippen LogP contribution in [-0.4, -0.2) is 27.4 Å². The third kappa shape index (κ3) is 2.66. The highest BCUT2D eigenvalue weighted by Crippen LogP contribution is 2.27. The first-order valence-corrected chi connectivity index (χ1v) is 6.80. The summed E-state index contributed by atoms with van der Waals surface area (Å²) in [6.45, 7) is 3.34. The second kappa shape index (κ2) is 5.56. The smallest absolute Gasteiger partial charge is 0.341 e. The molecular weight excluding hydrogens is 302 g/mol. The van der Waals surface area contributed by atoms with Crippen LogP contribution in [0.15, 0.2) is 45.4 Å². The molecule has 0 unspecified atom stereocenters. The van der Waals surface area contributed by atoms with Gasteiger partial charge in [-0.25, -0.2) is 14.2 Å². The van der Waals surface area contributed by atoms with E-state index in [2.05, 4.69) is 20.3 Å². The summed E-state index contributed by atoms with van der Waals surface area (Å²) < 4.78 is 9.96. The van der Waals surface area contributed by atoms with Crippen molar-refractivity contribution in [1.82, 2.24) is 15.6 Å². The van der Waals surface area contributed by atoms with E-state index < -0.39 is 11.9 Å². The molecule has 1 aromatic heterocycles. The molecule has 8 nitrogen and oxygen atoms in total. The maximum atomic E-state index is 12.4. The molecule has 1 aliphatic rings. The molecule has 3 rings (SSSR count). The van der Waals surface area contributed by atoms with E-state index in [0.29, 0.717) is 22.4 Å². The fourth-order valence-corrected chi connectivity index (χ4v) is 2.36. The van der Waals surface area contributed by atoms with Crippen LogP contribution in [0.2, 0.25) is 0 Å². The van der Waals surface area contributed by atoms with Crippen LogP contribution in [0.3, 0.4) is 0 Å². The van der Waals surface area contributed by atoms with Crippen molar-refractivity contribution in [3.63, 3.8) is 0 Å². The molecule has 8 heteroatoms. The average molecular weight is 315 g/mol. The van der Waals surface area contributed by atoms with Crippen LogP contribution >= 0.6 is 0 Å². The van der Waals surface area contributed by atoms with E-state index in [0.717, 1.165) is 0 Å². The van der Waals surface area contributed by atoms with Gasteiger partial charge < -0.3 is 15.2 Å². The van der Waals surface area contributed by atoms with Gasteiger partial charge in [-0.05, 0) is 36.3 Å². The highest BCUT2D eigenvalue weighted by atomic mass is 16.6. The summed E-state index contributed by atoms with van der Waals surface area (Å²) in [6.07, 6.45) is -0.00806. The Balaban J connectivity index is 1.87. The van der Waals surface area contributed by atoms with Crippen LogP contribution in [0.25, 0.3) is 11.0 Å². The van der Waals surface area contributed by atoms with Gasteiger partial charge in [-0.2, -0.15) is 0 Å². The van der Waals surface area contributed by atoms with Gasteiger partial charge in [-0.15, -0.1) is 0 Å². The topological polar surface area (TPSA) is 115 Å². The van der Waals surface area contributed by atoms with E-state index in [-0.39, 0.29) is 23.3 Å². The number of aliphatic carboxylic acids is 1. The molecule has 0 radical (unpaired) electrons. The molecule has 0 aliphatic carbocycles. The molecule has 0 fully saturated rings. The molecule has 2 heterocycles. The molecule has 0 saturated carbocycles. The normalized spacial score (nSPS) is 14.9. The van der Waals surface area contributed by atoms with Gasteiger partial charge in [0.05, 0.1) is 11.1 Å². The van der Waals surface area contributed by atoms with E-state index in [1.165, 1.54) is 0 Å². The number of dihydropyridines is 1. The van der Waals surface area contributed by atoms with E-state index >= 15 is 0 Å². The lowest BCUT2D eigenvalue weighted by atomic mass is 9.98. The second-order valence-electron chi connectivity index (χ2n) is 5.09. The first-order valence-electron chi connectivity index (χ1n) is 6.80. The van der Waals surface area contributed by atoms with Gasteiger partial charge >= 0.3 is 11.9 Å². The van der Waals surface area contributed by atoms with Crippen molar-refractivity contribution in [2.75, 3.05) is 0 Å².